The average molecular weight is 348 g/mol. The highest BCUT2D eigenvalue weighted by molar-refractivity contribution is 9.10. The van der Waals surface area contributed by atoms with E-state index in [2.05, 4.69) is 20.9 Å². The largest absolute Gasteiger partial charge is 0.488 e. The van der Waals surface area contributed by atoms with Crippen molar-refractivity contribution in [3.05, 3.63) is 63.9 Å². The van der Waals surface area contributed by atoms with E-state index < -0.39 is 5.97 Å². The van der Waals surface area contributed by atoms with Gasteiger partial charge in [-0.3, -0.25) is 4.98 Å². The van der Waals surface area contributed by atoms with Crippen LogP contribution in [0.3, 0.4) is 0 Å². The number of pyridine rings is 1. The number of carboxylic acid groups (broad SMARTS) is 1. The number of aromatic nitrogens is 1. The number of aliphatic carboxylic acids is 1. The Morgan fingerprint density at radius 2 is 2.19 bits per heavy atom. The number of benzene rings is 1. The highest BCUT2D eigenvalue weighted by atomic mass is 79.9. The van der Waals surface area contributed by atoms with Crippen LogP contribution < -0.4 is 4.74 Å². The minimum Gasteiger partial charge on any atom is -0.488 e. The SMILES string of the molecule is Cc1cncc(COc2ccc(/C=C/C(=O)O)cc2Br)c1. The van der Waals surface area contributed by atoms with E-state index in [0.717, 1.165) is 27.2 Å². The summed E-state index contributed by atoms with van der Waals surface area (Å²) in [7, 11) is 0. The van der Waals surface area contributed by atoms with Crippen molar-refractivity contribution in [2.45, 2.75) is 13.5 Å². The Balaban J connectivity index is 2.06. The lowest BCUT2D eigenvalue weighted by Crippen LogP contribution is -1.97. The van der Waals surface area contributed by atoms with Crippen LogP contribution in [0.4, 0.5) is 0 Å². The van der Waals surface area contributed by atoms with E-state index >= 15 is 0 Å². The maximum absolute atomic E-state index is 10.5. The van der Waals surface area contributed by atoms with Crippen LogP contribution >= 0.6 is 15.9 Å². The molecule has 0 bridgehead atoms. The number of ether oxygens (including phenoxy) is 1. The molecule has 21 heavy (non-hydrogen) atoms. The zero-order valence-corrected chi connectivity index (χ0v) is 13.0. The minimum atomic E-state index is -0.974. The van der Waals surface area contributed by atoms with Gasteiger partial charge in [0.1, 0.15) is 12.4 Å². The number of halogens is 1. The smallest absolute Gasteiger partial charge is 0.328 e. The Bertz CT molecular complexity index is 683. The number of hydrogen-bond donors (Lipinski definition) is 1. The molecule has 0 spiro atoms. The lowest BCUT2D eigenvalue weighted by Gasteiger charge is -2.09. The first-order chi connectivity index (χ1) is 10.0. The quantitative estimate of drug-likeness (QED) is 0.835. The van der Waals surface area contributed by atoms with Gasteiger partial charge in [-0.25, -0.2) is 4.79 Å². The molecule has 108 valence electrons. The Morgan fingerprint density at radius 1 is 1.38 bits per heavy atom. The van der Waals surface area contributed by atoms with Crippen molar-refractivity contribution in [2.75, 3.05) is 0 Å². The van der Waals surface area contributed by atoms with Crippen LogP contribution in [0.25, 0.3) is 6.08 Å². The van der Waals surface area contributed by atoms with Crippen molar-refractivity contribution < 1.29 is 14.6 Å². The predicted molar refractivity (Wildman–Crippen MR) is 84.1 cm³/mol. The highest BCUT2D eigenvalue weighted by Gasteiger charge is 2.03. The molecule has 0 radical (unpaired) electrons. The number of rotatable bonds is 5. The summed E-state index contributed by atoms with van der Waals surface area (Å²) in [5, 5.41) is 8.60. The molecule has 1 heterocycles. The molecule has 0 fully saturated rings. The summed E-state index contributed by atoms with van der Waals surface area (Å²) < 4.78 is 6.50. The van der Waals surface area contributed by atoms with Crippen LogP contribution in [0.15, 0.2) is 47.2 Å². The third kappa shape index (κ3) is 4.72. The van der Waals surface area contributed by atoms with Crippen molar-refractivity contribution in [1.82, 2.24) is 4.98 Å². The number of hydrogen-bond acceptors (Lipinski definition) is 3. The van der Waals surface area contributed by atoms with Crippen molar-refractivity contribution >= 4 is 28.0 Å². The van der Waals surface area contributed by atoms with Gasteiger partial charge in [0.15, 0.2) is 0 Å². The Morgan fingerprint density at radius 3 is 2.86 bits per heavy atom. The zero-order chi connectivity index (χ0) is 15.2. The summed E-state index contributed by atoms with van der Waals surface area (Å²) in [6.45, 7) is 2.41. The van der Waals surface area contributed by atoms with E-state index in [9.17, 15) is 4.79 Å². The molecule has 0 aliphatic heterocycles. The van der Waals surface area contributed by atoms with Gasteiger partial charge < -0.3 is 9.84 Å². The third-order valence-electron chi connectivity index (χ3n) is 2.70. The molecule has 1 aromatic heterocycles. The van der Waals surface area contributed by atoms with Gasteiger partial charge in [-0.15, -0.1) is 0 Å². The van der Waals surface area contributed by atoms with E-state index in [-0.39, 0.29) is 0 Å². The van der Waals surface area contributed by atoms with Gasteiger partial charge in [-0.1, -0.05) is 6.07 Å². The fourth-order valence-electron chi connectivity index (χ4n) is 1.76. The van der Waals surface area contributed by atoms with E-state index in [1.807, 2.05) is 19.1 Å². The normalized spacial score (nSPS) is 10.8. The highest BCUT2D eigenvalue weighted by Crippen LogP contribution is 2.27. The first-order valence-electron chi connectivity index (χ1n) is 6.28. The maximum Gasteiger partial charge on any atom is 0.328 e. The van der Waals surface area contributed by atoms with Crippen LogP contribution in [-0.4, -0.2) is 16.1 Å². The summed E-state index contributed by atoms with van der Waals surface area (Å²) in [5.41, 5.74) is 2.87. The topological polar surface area (TPSA) is 59.4 Å². The van der Waals surface area contributed by atoms with Crippen molar-refractivity contribution in [2.24, 2.45) is 0 Å². The summed E-state index contributed by atoms with van der Waals surface area (Å²) >= 11 is 3.42. The van der Waals surface area contributed by atoms with E-state index in [4.69, 9.17) is 9.84 Å². The first-order valence-corrected chi connectivity index (χ1v) is 7.08. The lowest BCUT2D eigenvalue weighted by molar-refractivity contribution is -0.131. The molecule has 0 saturated heterocycles. The molecule has 2 aromatic rings. The number of carboxylic acids is 1. The van der Waals surface area contributed by atoms with Crippen LogP contribution in [-0.2, 0) is 11.4 Å². The van der Waals surface area contributed by atoms with Crippen LogP contribution in [0.5, 0.6) is 5.75 Å². The summed E-state index contributed by atoms with van der Waals surface area (Å²) in [6.07, 6.45) is 6.19. The third-order valence-corrected chi connectivity index (χ3v) is 3.32. The van der Waals surface area contributed by atoms with Gasteiger partial charge in [0.25, 0.3) is 0 Å². The van der Waals surface area contributed by atoms with Crippen LogP contribution in [0.2, 0.25) is 0 Å². The Labute approximate surface area is 131 Å². The molecular weight excluding hydrogens is 334 g/mol. The molecule has 0 aliphatic carbocycles. The Hall–Kier alpha value is -2.14. The predicted octanol–water partition coefficient (Wildman–Crippen LogP) is 3.83. The van der Waals surface area contributed by atoms with Crippen LogP contribution in [0.1, 0.15) is 16.7 Å². The van der Waals surface area contributed by atoms with Gasteiger partial charge in [0, 0.05) is 24.0 Å². The molecule has 4 nitrogen and oxygen atoms in total. The van der Waals surface area contributed by atoms with Crippen molar-refractivity contribution in [3.8, 4) is 5.75 Å². The molecule has 0 saturated carbocycles. The minimum absolute atomic E-state index is 0.428. The lowest BCUT2D eigenvalue weighted by atomic mass is 10.2. The van der Waals surface area contributed by atoms with Gasteiger partial charge in [-0.05, 0) is 58.3 Å². The van der Waals surface area contributed by atoms with E-state index in [1.54, 1.807) is 24.5 Å². The van der Waals surface area contributed by atoms with Gasteiger partial charge in [0.05, 0.1) is 4.47 Å². The monoisotopic (exact) mass is 347 g/mol. The molecule has 5 heteroatoms. The van der Waals surface area contributed by atoms with Gasteiger partial charge in [-0.2, -0.15) is 0 Å². The fraction of sp³-hybridized carbons (Fsp3) is 0.125. The second-order valence-corrected chi connectivity index (χ2v) is 5.37. The van der Waals surface area contributed by atoms with Gasteiger partial charge >= 0.3 is 5.97 Å². The molecule has 0 unspecified atom stereocenters. The maximum atomic E-state index is 10.5. The zero-order valence-electron chi connectivity index (χ0n) is 11.4. The number of nitrogens with zero attached hydrogens (tertiary/aromatic N) is 1. The molecule has 0 amide bonds. The van der Waals surface area contributed by atoms with E-state index in [1.165, 1.54) is 6.08 Å². The summed E-state index contributed by atoms with van der Waals surface area (Å²) in [4.78, 5) is 14.6. The second-order valence-electron chi connectivity index (χ2n) is 4.52. The summed E-state index contributed by atoms with van der Waals surface area (Å²) in [5.74, 6) is -0.276. The molecule has 1 N–H and O–H groups in total. The Kier molecular flexibility index (Phi) is 5.11. The van der Waals surface area contributed by atoms with Gasteiger partial charge in [0.2, 0.25) is 0 Å². The molecule has 0 atom stereocenters. The number of carbonyl (C=O) groups is 1. The first kappa shape index (κ1) is 15.3. The van der Waals surface area contributed by atoms with Crippen LogP contribution in [0, 0.1) is 6.92 Å². The standard InChI is InChI=1S/C16H14BrNO3/c1-11-6-13(9-18-8-11)10-21-15-4-2-12(7-14(15)17)3-5-16(19)20/h2-9H,10H2,1H3,(H,19,20)/b5-3+. The second kappa shape index (κ2) is 7.04. The fourth-order valence-corrected chi connectivity index (χ4v) is 2.27. The van der Waals surface area contributed by atoms with Crippen molar-refractivity contribution in [1.29, 1.82) is 0 Å². The molecule has 2 rings (SSSR count). The summed E-state index contributed by atoms with van der Waals surface area (Å²) in [6, 6.07) is 7.43. The molecule has 0 aliphatic rings. The number of aryl methyl sites for hydroxylation is 1. The van der Waals surface area contributed by atoms with E-state index in [0.29, 0.717) is 12.4 Å². The average Bonchev–Trinajstić information content (AvgIpc) is 2.44. The van der Waals surface area contributed by atoms with Crippen molar-refractivity contribution in [3.63, 3.8) is 0 Å². The molecule has 1 aromatic carbocycles. The molecular formula is C16H14BrNO3.